The third-order valence-corrected chi connectivity index (χ3v) is 0. The van der Waals surface area contributed by atoms with Gasteiger partial charge in [-0.05, 0) is 0 Å². The molecule has 8 heavy (non-hydrogen) atoms. The van der Waals surface area contributed by atoms with Crippen LogP contribution in [0.15, 0.2) is 0 Å². The number of hydrogen-bond donors (Lipinski definition) is 0. The van der Waals surface area contributed by atoms with Crippen molar-refractivity contribution in [2.75, 3.05) is 0 Å². The molecule has 0 aromatic rings. The van der Waals surface area contributed by atoms with E-state index in [1.165, 1.54) is 0 Å². The van der Waals surface area contributed by atoms with Crippen LogP contribution in [0, 0.1) is 0 Å². The molecule has 8 heteroatoms. The first kappa shape index (κ1) is 105. The molecule has 40 valence electrons. The Morgan fingerprint density at radius 1 is 0.375 bits per heavy atom. The molecule has 0 aromatic carbocycles. The van der Waals surface area contributed by atoms with E-state index in [4.69, 9.17) is 0 Å². The number of rotatable bonds is 0. The van der Waals surface area contributed by atoms with Gasteiger partial charge in [0, 0.05) is 19.5 Å². The molecule has 0 amide bonds. The molecule has 0 atom stereocenters. The van der Waals surface area contributed by atoms with Crippen LogP contribution in [0.2, 0.25) is 0 Å². The first-order valence-electron chi connectivity index (χ1n) is 0. The molecule has 0 bridgehead atoms. The molecule has 0 aliphatic heterocycles. The molecule has 0 saturated carbocycles. The standard InChI is InChI=1S/3Na.4H2O.Ru/h;;;4*1H2;/q3*+1;;;;;. The SMILES string of the molecule is O.O.O.O.[Na+].[Na+].[Na+].[Ru]. The maximum Gasteiger partial charge on any atom is 1.00 e. The van der Waals surface area contributed by atoms with Crippen molar-refractivity contribution >= 4 is 0 Å². The smallest absolute Gasteiger partial charge is 0.412 e. The van der Waals surface area contributed by atoms with Crippen LogP contribution in [0.1, 0.15) is 0 Å². The Hall–Kier alpha value is 3.46. The minimum absolute atomic E-state index is 0. The van der Waals surface area contributed by atoms with Crippen LogP contribution in [0.3, 0.4) is 0 Å². The van der Waals surface area contributed by atoms with E-state index in [-0.39, 0.29) is 130 Å². The van der Waals surface area contributed by atoms with Crippen LogP contribution in [0.5, 0.6) is 0 Å². The number of hydrogen-bond acceptors (Lipinski definition) is 0. The van der Waals surface area contributed by atoms with Crippen molar-refractivity contribution in [3.8, 4) is 0 Å². The van der Waals surface area contributed by atoms with E-state index in [1.54, 1.807) is 0 Å². The molecule has 0 radical (unpaired) electrons. The van der Waals surface area contributed by atoms with Gasteiger partial charge in [-0.15, -0.1) is 0 Å². The van der Waals surface area contributed by atoms with Crippen LogP contribution < -0.4 is 88.7 Å². The summed E-state index contributed by atoms with van der Waals surface area (Å²) in [6, 6.07) is 0. The summed E-state index contributed by atoms with van der Waals surface area (Å²) in [5.74, 6) is 0. The predicted molar refractivity (Wildman–Crippen MR) is 14.5 cm³/mol. The monoisotopic (exact) mass is 243 g/mol. The van der Waals surface area contributed by atoms with Crippen LogP contribution in [-0.4, -0.2) is 21.9 Å². The van der Waals surface area contributed by atoms with Gasteiger partial charge in [0.25, 0.3) is 0 Å². The zero-order valence-corrected chi connectivity index (χ0v) is 13.1. The minimum Gasteiger partial charge on any atom is -0.412 e. The molecule has 0 spiro atoms. The van der Waals surface area contributed by atoms with Gasteiger partial charge in [-0.1, -0.05) is 0 Å². The fraction of sp³-hybridized carbons (Fsp3) is 0. The van der Waals surface area contributed by atoms with Gasteiger partial charge < -0.3 is 21.9 Å². The fourth-order valence-corrected chi connectivity index (χ4v) is 0. The van der Waals surface area contributed by atoms with Gasteiger partial charge in [0.1, 0.15) is 0 Å². The molecule has 0 aliphatic carbocycles. The predicted octanol–water partition coefficient (Wildman–Crippen LogP) is -12.3. The van der Waals surface area contributed by atoms with Crippen LogP contribution in [-0.2, 0) is 19.5 Å². The largest absolute Gasteiger partial charge is 1.00 e. The van der Waals surface area contributed by atoms with Crippen molar-refractivity contribution in [1.82, 2.24) is 0 Å². The van der Waals surface area contributed by atoms with Gasteiger partial charge in [0.2, 0.25) is 0 Å². The molecular weight excluding hydrogens is 234 g/mol. The summed E-state index contributed by atoms with van der Waals surface area (Å²) >= 11 is 0. The molecule has 0 aromatic heterocycles. The summed E-state index contributed by atoms with van der Waals surface area (Å²) in [6.07, 6.45) is 0. The first-order chi connectivity index (χ1) is 0. The summed E-state index contributed by atoms with van der Waals surface area (Å²) in [5.41, 5.74) is 0. The third-order valence-electron chi connectivity index (χ3n) is 0. The van der Waals surface area contributed by atoms with Gasteiger partial charge >= 0.3 is 88.7 Å². The van der Waals surface area contributed by atoms with Gasteiger partial charge in [0.05, 0.1) is 0 Å². The molecule has 4 nitrogen and oxygen atoms in total. The molecule has 0 rings (SSSR count). The molecule has 0 saturated heterocycles. The van der Waals surface area contributed by atoms with Gasteiger partial charge in [0.15, 0.2) is 0 Å². The Balaban J connectivity index is 0. The molecule has 0 aliphatic rings. The third kappa shape index (κ3) is 56.5. The molecular formula is H8Na3O4Ru+3. The van der Waals surface area contributed by atoms with E-state index in [9.17, 15) is 0 Å². The van der Waals surface area contributed by atoms with Gasteiger partial charge in [-0.3, -0.25) is 0 Å². The van der Waals surface area contributed by atoms with E-state index in [0.29, 0.717) is 0 Å². The molecule has 8 N–H and O–H groups in total. The molecule has 0 unspecified atom stereocenters. The average Bonchev–Trinajstić information content (AvgIpc) is 0. The second-order valence-corrected chi connectivity index (χ2v) is 0. The summed E-state index contributed by atoms with van der Waals surface area (Å²) < 4.78 is 0. The van der Waals surface area contributed by atoms with E-state index < -0.39 is 0 Å². The van der Waals surface area contributed by atoms with Crippen molar-refractivity contribution in [3.63, 3.8) is 0 Å². The summed E-state index contributed by atoms with van der Waals surface area (Å²) in [4.78, 5) is 0. The van der Waals surface area contributed by atoms with E-state index in [2.05, 4.69) is 0 Å². The normalized spacial score (nSPS) is 0. The van der Waals surface area contributed by atoms with Crippen molar-refractivity contribution in [3.05, 3.63) is 0 Å². The summed E-state index contributed by atoms with van der Waals surface area (Å²) in [6.45, 7) is 0. The van der Waals surface area contributed by atoms with Gasteiger partial charge in [-0.2, -0.15) is 0 Å². The topological polar surface area (TPSA) is 126 Å². The molecule has 0 heterocycles. The van der Waals surface area contributed by atoms with Crippen molar-refractivity contribution in [2.24, 2.45) is 0 Å². The first-order valence-corrected chi connectivity index (χ1v) is 0. The maximum absolute atomic E-state index is 0. The fourth-order valence-electron chi connectivity index (χ4n) is 0. The van der Waals surface area contributed by atoms with Crippen molar-refractivity contribution in [2.45, 2.75) is 0 Å². The Kier molecular flexibility index (Phi) is 1020. The zero-order valence-electron chi connectivity index (χ0n) is 5.35. The Labute approximate surface area is 127 Å². The minimum atomic E-state index is 0. The summed E-state index contributed by atoms with van der Waals surface area (Å²) in [5, 5.41) is 0. The quantitative estimate of drug-likeness (QED) is 0.374. The van der Waals surface area contributed by atoms with E-state index in [1.807, 2.05) is 0 Å². The van der Waals surface area contributed by atoms with Crippen molar-refractivity contribution in [1.29, 1.82) is 0 Å². The Morgan fingerprint density at radius 2 is 0.375 bits per heavy atom. The van der Waals surface area contributed by atoms with Crippen molar-refractivity contribution < 1.29 is 130 Å². The Bertz CT molecular complexity index is 11.2. The van der Waals surface area contributed by atoms with Crippen LogP contribution in [0.4, 0.5) is 0 Å². The average molecular weight is 242 g/mol. The second kappa shape index (κ2) is 78.1. The summed E-state index contributed by atoms with van der Waals surface area (Å²) in [7, 11) is 0. The second-order valence-electron chi connectivity index (χ2n) is 0. The van der Waals surface area contributed by atoms with Gasteiger partial charge in [-0.25, -0.2) is 0 Å². The molecule has 0 fully saturated rings. The maximum atomic E-state index is 0. The van der Waals surface area contributed by atoms with E-state index >= 15 is 0 Å². The van der Waals surface area contributed by atoms with Crippen LogP contribution in [0.25, 0.3) is 0 Å². The van der Waals surface area contributed by atoms with E-state index in [0.717, 1.165) is 0 Å². The zero-order chi connectivity index (χ0) is 0. The Morgan fingerprint density at radius 3 is 0.375 bits per heavy atom. The van der Waals surface area contributed by atoms with Crippen LogP contribution >= 0.6 is 0 Å².